The molecular weight excluding hydrogens is 254 g/mol. The van der Waals surface area contributed by atoms with E-state index in [4.69, 9.17) is 26.8 Å². The number of nitrogens with two attached hydrogens (primary N) is 1. The summed E-state index contributed by atoms with van der Waals surface area (Å²) in [5, 5.41) is 3.66. The molecule has 5 nitrogen and oxygen atoms in total. The van der Waals surface area contributed by atoms with Crippen molar-refractivity contribution in [2.75, 3.05) is 19.8 Å². The number of halogens is 1. The van der Waals surface area contributed by atoms with Gasteiger partial charge < -0.3 is 20.5 Å². The van der Waals surface area contributed by atoms with Gasteiger partial charge in [0, 0.05) is 6.42 Å². The third kappa shape index (κ3) is 2.06. The van der Waals surface area contributed by atoms with E-state index in [0.29, 0.717) is 42.2 Å². The Balaban J connectivity index is 1.93. The van der Waals surface area contributed by atoms with Crippen molar-refractivity contribution in [2.24, 2.45) is 10.7 Å². The summed E-state index contributed by atoms with van der Waals surface area (Å²) in [7, 11) is 0. The van der Waals surface area contributed by atoms with Crippen molar-refractivity contribution < 1.29 is 9.47 Å². The van der Waals surface area contributed by atoms with E-state index in [0.717, 1.165) is 12.0 Å². The minimum absolute atomic E-state index is 0.0552. The van der Waals surface area contributed by atoms with Gasteiger partial charge in [0.15, 0.2) is 17.5 Å². The fourth-order valence-corrected chi connectivity index (χ4v) is 2.37. The van der Waals surface area contributed by atoms with Crippen LogP contribution in [0.2, 0.25) is 5.02 Å². The fraction of sp³-hybridized carbons (Fsp3) is 0.417. The van der Waals surface area contributed by atoms with E-state index in [2.05, 4.69) is 10.3 Å². The molecule has 3 rings (SSSR count). The van der Waals surface area contributed by atoms with Gasteiger partial charge in [0.1, 0.15) is 0 Å². The topological polar surface area (TPSA) is 68.9 Å². The highest BCUT2D eigenvalue weighted by atomic mass is 35.5. The van der Waals surface area contributed by atoms with Gasteiger partial charge in [-0.3, -0.25) is 4.99 Å². The number of hydrogen-bond acceptors (Lipinski definition) is 5. The lowest BCUT2D eigenvalue weighted by Crippen LogP contribution is -2.29. The summed E-state index contributed by atoms with van der Waals surface area (Å²) in [4.78, 5) is 4.12. The Kier molecular flexibility index (Phi) is 2.91. The van der Waals surface area contributed by atoms with Crippen molar-refractivity contribution >= 4 is 17.6 Å². The van der Waals surface area contributed by atoms with Crippen molar-refractivity contribution in [2.45, 2.75) is 12.5 Å². The summed E-state index contributed by atoms with van der Waals surface area (Å²) in [6.45, 7) is 1.88. The Bertz CT molecular complexity index is 504. The first-order valence-corrected chi connectivity index (χ1v) is 6.27. The average Bonchev–Trinajstić information content (AvgIpc) is 2.63. The van der Waals surface area contributed by atoms with Crippen LogP contribution in [0.3, 0.4) is 0 Å². The maximum absolute atomic E-state index is 6.23. The van der Waals surface area contributed by atoms with Gasteiger partial charge in [-0.1, -0.05) is 11.6 Å². The summed E-state index contributed by atoms with van der Waals surface area (Å²) in [5.41, 5.74) is 6.62. The monoisotopic (exact) mass is 267 g/mol. The van der Waals surface area contributed by atoms with E-state index in [9.17, 15) is 0 Å². The molecule has 1 aromatic carbocycles. The average molecular weight is 268 g/mol. The molecule has 1 unspecified atom stereocenters. The van der Waals surface area contributed by atoms with Gasteiger partial charge in [0.2, 0.25) is 0 Å². The predicted octanol–water partition coefficient (Wildman–Crippen LogP) is 1.46. The SMILES string of the molecule is NC1=NCC(c2cc(Cl)c3c(c2)OCCCO3)N1. The van der Waals surface area contributed by atoms with Crippen LogP contribution in [0.15, 0.2) is 17.1 Å². The number of ether oxygens (including phenoxy) is 2. The molecule has 0 saturated heterocycles. The molecule has 1 atom stereocenters. The van der Waals surface area contributed by atoms with E-state index >= 15 is 0 Å². The Labute approximate surface area is 110 Å². The zero-order valence-electron chi connectivity index (χ0n) is 9.78. The quantitative estimate of drug-likeness (QED) is 0.808. The number of nitrogens with zero attached hydrogens (tertiary/aromatic N) is 1. The van der Waals surface area contributed by atoms with Crippen molar-refractivity contribution in [1.82, 2.24) is 5.32 Å². The van der Waals surface area contributed by atoms with Crippen LogP contribution in [0.4, 0.5) is 0 Å². The number of aliphatic imine (C=N–C) groups is 1. The highest BCUT2D eigenvalue weighted by molar-refractivity contribution is 6.32. The Morgan fingerprint density at radius 2 is 2.17 bits per heavy atom. The second-order valence-electron chi connectivity index (χ2n) is 4.30. The van der Waals surface area contributed by atoms with Crippen LogP contribution in [0.5, 0.6) is 11.5 Å². The molecule has 6 heteroatoms. The van der Waals surface area contributed by atoms with E-state index in [-0.39, 0.29) is 6.04 Å². The van der Waals surface area contributed by atoms with Gasteiger partial charge in [-0.25, -0.2) is 0 Å². The van der Waals surface area contributed by atoms with E-state index < -0.39 is 0 Å². The number of hydrogen-bond donors (Lipinski definition) is 2. The van der Waals surface area contributed by atoms with Crippen molar-refractivity contribution in [3.63, 3.8) is 0 Å². The molecule has 2 heterocycles. The van der Waals surface area contributed by atoms with Crippen LogP contribution in [-0.2, 0) is 0 Å². The number of guanidine groups is 1. The second kappa shape index (κ2) is 4.57. The van der Waals surface area contributed by atoms with Gasteiger partial charge >= 0.3 is 0 Å². The molecule has 1 aromatic rings. The number of benzene rings is 1. The number of nitrogens with one attached hydrogen (secondary N) is 1. The lowest BCUT2D eigenvalue weighted by Gasteiger charge is -2.15. The summed E-state index contributed by atoms with van der Waals surface area (Å²) < 4.78 is 11.2. The molecule has 0 bridgehead atoms. The third-order valence-electron chi connectivity index (χ3n) is 2.99. The molecule has 0 spiro atoms. The van der Waals surface area contributed by atoms with Crippen LogP contribution in [0.25, 0.3) is 0 Å². The highest BCUT2D eigenvalue weighted by Gasteiger charge is 2.22. The smallest absolute Gasteiger partial charge is 0.189 e. The largest absolute Gasteiger partial charge is 0.489 e. The first kappa shape index (κ1) is 11.5. The molecule has 0 fully saturated rings. The van der Waals surface area contributed by atoms with E-state index in [1.807, 2.05) is 12.1 Å². The molecule has 0 saturated carbocycles. The van der Waals surface area contributed by atoms with Gasteiger partial charge in [0.05, 0.1) is 30.8 Å². The normalized spacial score (nSPS) is 22.1. The number of fused-ring (bicyclic) bond motifs is 1. The molecule has 0 radical (unpaired) electrons. The molecular formula is C12H14ClN3O2. The zero-order chi connectivity index (χ0) is 12.5. The molecule has 0 amide bonds. The fourth-order valence-electron chi connectivity index (χ4n) is 2.10. The highest BCUT2D eigenvalue weighted by Crippen LogP contribution is 2.39. The maximum atomic E-state index is 6.23. The van der Waals surface area contributed by atoms with Crippen LogP contribution >= 0.6 is 11.6 Å². The van der Waals surface area contributed by atoms with Gasteiger partial charge in [-0.2, -0.15) is 0 Å². The van der Waals surface area contributed by atoms with Gasteiger partial charge in [0.25, 0.3) is 0 Å². The van der Waals surface area contributed by atoms with E-state index in [1.165, 1.54) is 0 Å². The van der Waals surface area contributed by atoms with Crippen molar-refractivity contribution in [3.05, 3.63) is 22.7 Å². The minimum Gasteiger partial charge on any atom is -0.489 e. The van der Waals surface area contributed by atoms with Gasteiger partial charge in [-0.05, 0) is 17.7 Å². The molecule has 18 heavy (non-hydrogen) atoms. The summed E-state index contributed by atoms with van der Waals surface area (Å²) >= 11 is 6.23. The molecule has 96 valence electrons. The van der Waals surface area contributed by atoms with Crippen LogP contribution < -0.4 is 20.5 Å². The van der Waals surface area contributed by atoms with Crippen LogP contribution in [0.1, 0.15) is 18.0 Å². The lowest BCUT2D eigenvalue weighted by molar-refractivity contribution is 0.297. The third-order valence-corrected chi connectivity index (χ3v) is 3.27. The summed E-state index contributed by atoms with van der Waals surface area (Å²) in [6, 6.07) is 3.87. The van der Waals surface area contributed by atoms with Crippen molar-refractivity contribution in [1.29, 1.82) is 0 Å². The first-order valence-electron chi connectivity index (χ1n) is 5.89. The van der Waals surface area contributed by atoms with E-state index in [1.54, 1.807) is 0 Å². The van der Waals surface area contributed by atoms with Crippen LogP contribution in [-0.4, -0.2) is 25.7 Å². The van der Waals surface area contributed by atoms with Crippen molar-refractivity contribution in [3.8, 4) is 11.5 Å². The van der Waals surface area contributed by atoms with Gasteiger partial charge in [-0.15, -0.1) is 0 Å². The Morgan fingerprint density at radius 1 is 1.33 bits per heavy atom. The predicted molar refractivity (Wildman–Crippen MR) is 69.4 cm³/mol. The second-order valence-corrected chi connectivity index (χ2v) is 4.71. The Morgan fingerprint density at radius 3 is 2.94 bits per heavy atom. The summed E-state index contributed by atoms with van der Waals surface area (Å²) in [5.74, 6) is 1.79. The molecule has 0 aliphatic carbocycles. The molecule has 2 aliphatic rings. The standard InChI is InChI=1S/C12H14ClN3O2/c13-8-4-7(9-6-15-12(14)16-9)5-10-11(8)18-3-1-2-17-10/h4-5,9H,1-3,6H2,(H3,14,15,16). The molecule has 2 aliphatic heterocycles. The molecule has 0 aromatic heterocycles. The first-order chi connectivity index (χ1) is 8.74. The van der Waals surface area contributed by atoms with Crippen LogP contribution in [0, 0.1) is 0 Å². The minimum atomic E-state index is 0.0552. The summed E-state index contributed by atoms with van der Waals surface area (Å²) in [6.07, 6.45) is 0.859. The lowest BCUT2D eigenvalue weighted by atomic mass is 10.1. The number of rotatable bonds is 1. The molecule has 3 N–H and O–H groups in total. The zero-order valence-corrected chi connectivity index (χ0v) is 10.5. The maximum Gasteiger partial charge on any atom is 0.189 e. The Hall–Kier alpha value is -1.62.